The van der Waals surface area contributed by atoms with E-state index >= 15 is 0 Å². The van der Waals surface area contributed by atoms with Gasteiger partial charge in [0.2, 0.25) is 0 Å². The zero-order valence-corrected chi connectivity index (χ0v) is 14.1. The van der Waals surface area contributed by atoms with Crippen LogP contribution in [0.3, 0.4) is 0 Å². The van der Waals surface area contributed by atoms with E-state index in [4.69, 9.17) is 4.74 Å². The third-order valence-corrected chi connectivity index (χ3v) is 6.18. The van der Waals surface area contributed by atoms with Crippen molar-refractivity contribution in [1.82, 2.24) is 9.80 Å². The summed E-state index contributed by atoms with van der Waals surface area (Å²) in [5, 5.41) is -0.379. The maximum absolute atomic E-state index is 12.1. The molecule has 21 heavy (non-hydrogen) atoms. The van der Waals surface area contributed by atoms with Crippen LogP contribution in [0, 0.1) is 0 Å². The molecule has 0 aromatic carbocycles. The molecular weight excluding hydrogens is 290 g/mol. The second kappa shape index (κ2) is 6.46. The van der Waals surface area contributed by atoms with Gasteiger partial charge in [0.15, 0.2) is 9.84 Å². The van der Waals surface area contributed by atoms with E-state index in [2.05, 4.69) is 14.8 Å². The molecule has 0 spiro atoms. The van der Waals surface area contributed by atoms with Gasteiger partial charge in [-0.2, -0.15) is 0 Å². The van der Waals surface area contributed by atoms with Crippen molar-refractivity contribution < 1.29 is 13.2 Å². The Bertz CT molecular complexity index is 534. The van der Waals surface area contributed by atoms with E-state index in [-0.39, 0.29) is 17.2 Å². The molecule has 6 nitrogen and oxygen atoms in total. The molecule has 0 radical (unpaired) electrons. The van der Waals surface area contributed by atoms with E-state index in [0.717, 1.165) is 18.9 Å². The van der Waals surface area contributed by atoms with Gasteiger partial charge in [0.05, 0.1) is 29.9 Å². The summed E-state index contributed by atoms with van der Waals surface area (Å²) >= 11 is 0. The van der Waals surface area contributed by atoms with Gasteiger partial charge in [-0.25, -0.2) is 13.4 Å². The minimum atomic E-state index is -3.13. The highest BCUT2D eigenvalue weighted by molar-refractivity contribution is 7.92. The topological polar surface area (TPSA) is 62.2 Å². The number of aliphatic imine (C=N–C) groups is 1. The third-order valence-electron chi connectivity index (χ3n) is 4.04. The summed E-state index contributed by atoms with van der Waals surface area (Å²) in [5.74, 6) is 0.861. The predicted molar refractivity (Wildman–Crippen MR) is 84.1 cm³/mol. The maximum Gasteiger partial charge on any atom is 0.158 e. The number of rotatable bonds is 4. The largest absolute Gasteiger partial charge is 0.379 e. The molecule has 0 aromatic rings. The van der Waals surface area contributed by atoms with Crippen molar-refractivity contribution in [2.24, 2.45) is 4.99 Å². The Hall–Kier alpha value is -0.920. The molecular formula is C14H25N3O3S. The average molecular weight is 315 g/mol. The Labute approximate surface area is 127 Å². The molecule has 0 aliphatic carbocycles. The fraction of sp³-hybridized carbons (Fsp3) is 0.786. The average Bonchev–Trinajstić information content (AvgIpc) is 2.43. The molecule has 1 fully saturated rings. The number of hydrogen-bond acceptors (Lipinski definition) is 6. The Morgan fingerprint density at radius 2 is 2.00 bits per heavy atom. The van der Waals surface area contributed by atoms with Crippen molar-refractivity contribution in [3.05, 3.63) is 11.8 Å². The fourth-order valence-corrected chi connectivity index (χ4v) is 3.35. The van der Waals surface area contributed by atoms with Crippen molar-refractivity contribution in [3.8, 4) is 0 Å². The van der Waals surface area contributed by atoms with E-state index in [1.165, 1.54) is 0 Å². The molecule has 0 amide bonds. The van der Waals surface area contributed by atoms with E-state index in [0.29, 0.717) is 18.9 Å². The number of likely N-dealkylation sites (N-methyl/N-ethyl adjacent to an activating group) is 1. The van der Waals surface area contributed by atoms with Gasteiger partial charge >= 0.3 is 0 Å². The maximum atomic E-state index is 12.1. The molecule has 0 bridgehead atoms. The van der Waals surface area contributed by atoms with Gasteiger partial charge in [0.1, 0.15) is 12.0 Å². The number of nitrogens with zero attached hydrogens (tertiary/aromatic N) is 3. The van der Waals surface area contributed by atoms with Gasteiger partial charge < -0.3 is 9.64 Å². The van der Waals surface area contributed by atoms with Gasteiger partial charge in [0.25, 0.3) is 0 Å². The van der Waals surface area contributed by atoms with Crippen molar-refractivity contribution in [2.45, 2.75) is 32.2 Å². The number of ether oxygens (including phenoxy) is 1. The first-order valence-electron chi connectivity index (χ1n) is 7.33. The van der Waals surface area contributed by atoms with E-state index in [9.17, 15) is 8.42 Å². The molecule has 120 valence electrons. The molecule has 1 atom stereocenters. The van der Waals surface area contributed by atoms with Gasteiger partial charge in [-0.05, 0) is 26.8 Å². The van der Waals surface area contributed by atoms with Crippen LogP contribution < -0.4 is 0 Å². The summed E-state index contributed by atoms with van der Waals surface area (Å²) in [4.78, 5) is 8.82. The van der Waals surface area contributed by atoms with Crippen LogP contribution in [0.1, 0.15) is 20.8 Å². The summed E-state index contributed by atoms with van der Waals surface area (Å²) in [6.45, 7) is 8.47. The summed E-state index contributed by atoms with van der Waals surface area (Å²) in [6.07, 6.45) is 2.03. The van der Waals surface area contributed by atoms with E-state index in [1.807, 2.05) is 20.0 Å². The number of morpholine rings is 1. The highest BCUT2D eigenvalue weighted by atomic mass is 32.2. The molecule has 0 N–H and O–H groups in total. The normalized spacial score (nSPS) is 25.0. The Balaban J connectivity index is 2.20. The molecule has 2 aliphatic heterocycles. The molecule has 0 aromatic heterocycles. The van der Waals surface area contributed by atoms with Crippen LogP contribution >= 0.6 is 0 Å². The Morgan fingerprint density at radius 3 is 2.57 bits per heavy atom. The van der Waals surface area contributed by atoms with Gasteiger partial charge in [-0.15, -0.1) is 0 Å². The van der Waals surface area contributed by atoms with Crippen LogP contribution in [0.2, 0.25) is 0 Å². The minimum absolute atomic E-state index is 0.0106. The number of sulfone groups is 1. The zero-order chi connectivity index (χ0) is 15.6. The van der Waals surface area contributed by atoms with Crippen molar-refractivity contribution in [1.29, 1.82) is 0 Å². The van der Waals surface area contributed by atoms with Gasteiger partial charge in [0, 0.05) is 20.1 Å². The van der Waals surface area contributed by atoms with Crippen molar-refractivity contribution in [2.75, 3.05) is 39.1 Å². The highest BCUT2D eigenvalue weighted by Gasteiger charge is 2.28. The SMILES string of the molecule is CC1=NC(CS(=O)(=O)C(C)C)=CC(N2CCOCC2)N1C. The van der Waals surface area contributed by atoms with Crippen LogP contribution in [0.4, 0.5) is 0 Å². The predicted octanol–water partition coefficient (Wildman–Crippen LogP) is 0.716. The van der Waals surface area contributed by atoms with Crippen LogP contribution in [-0.2, 0) is 14.6 Å². The van der Waals surface area contributed by atoms with Crippen LogP contribution in [-0.4, -0.2) is 74.6 Å². The standard InChI is InChI=1S/C14H25N3O3S/c1-11(2)21(18,19)10-13-9-14(16(4)12(3)15-13)17-5-7-20-8-6-17/h9,11,14H,5-8,10H2,1-4H3. The Kier molecular flexibility index (Phi) is 5.06. The van der Waals surface area contributed by atoms with Crippen molar-refractivity contribution in [3.63, 3.8) is 0 Å². The van der Waals surface area contributed by atoms with Crippen LogP contribution in [0.25, 0.3) is 0 Å². The molecule has 7 heteroatoms. The van der Waals surface area contributed by atoms with Crippen LogP contribution in [0.5, 0.6) is 0 Å². The fourth-order valence-electron chi connectivity index (χ4n) is 2.44. The first-order valence-corrected chi connectivity index (χ1v) is 9.05. The molecule has 2 heterocycles. The second-order valence-electron chi connectivity index (χ2n) is 5.85. The monoisotopic (exact) mass is 315 g/mol. The summed E-state index contributed by atoms with van der Waals surface area (Å²) < 4.78 is 29.6. The lowest BCUT2D eigenvalue weighted by Gasteiger charge is -2.40. The molecule has 0 saturated carbocycles. The molecule has 1 saturated heterocycles. The quantitative estimate of drug-likeness (QED) is 0.765. The zero-order valence-electron chi connectivity index (χ0n) is 13.2. The lowest BCUT2D eigenvalue weighted by atomic mass is 10.2. The molecule has 2 rings (SSSR count). The molecule has 2 aliphatic rings. The van der Waals surface area contributed by atoms with E-state index < -0.39 is 9.84 Å². The summed E-state index contributed by atoms with van der Waals surface area (Å²) in [6, 6.07) is 0. The van der Waals surface area contributed by atoms with Gasteiger partial charge in [-0.3, -0.25) is 4.90 Å². The molecule has 1 unspecified atom stereocenters. The first kappa shape index (κ1) is 16.5. The first-order chi connectivity index (χ1) is 9.81. The number of hydrogen-bond donors (Lipinski definition) is 0. The lowest BCUT2D eigenvalue weighted by Crippen LogP contribution is -2.52. The Morgan fingerprint density at radius 1 is 1.38 bits per heavy atom. The highest BCUT2D eigenvalue weighted by Crippen LogP contribution is 2.20. The van der Waals surface area contributed by atoms with E-state index in [1.54, 1.807) is 13.8 Å². The second-order valence-corrected chi connectivity index (χ2v) is 8.40. The third kappa shape index (κ3) is 3.84. The smallest absolute Gasteiger partial charge is 0.158 e. The van der Waals surface area contributed by atoms with Gasteiger partial charge in [-0.1, -0.05) is 0 Å². The summed E-state index contributed by atoms with van der Waals surface area (Å²) in [7, 11) is -1.14. The summed E-state index contributed by atoms with van der Waals surface area (Å²) in [5.41, 5.74) is 0.649. The minimum Gasteiger partial charge on any atom is -0.379 e. The van der Waals surface area contributed by atoms with Crippen molar-refractivity contribution >= 4 is 15.7 Å². The number of amidine groups is 1. The van der Waals surface area contributed by atoms with Crippen LogP contribution in [0.15, 0.2) is 16.8 Å². The lowest BCUT2D eigenvalue weighted by molar-refractivity contribution is 0.00355.